The third kappa shape index (κ3) is 3.68. The van der Waals surface area contributed by atoms with Crippen LogP contribution in [0.4, 0.5) is 11.4 Å². The first-order valence-electron chi connectivity index (χ1n) is 6.88. The van der Waals surface area contributed by atoms with Crippen LogP contribution in [0, 0.1) is 10.1 Å². The number of nitrogens with zero attached hydrogens (tertiary/aromatic N) is 2. The molecule has 0 unspecified atom stereocenters. The fourth-order valence-corrected chi connectivity index (χ4v) is 4.24. The van der Waals surface area contributed by atoms with Crippen LogP contribution in [0.2, 0.25) is 0 Å². The van der Waals surface area contributed by atoms with Crippen molar-refractivity contribution >= 4 is 37.3 Å². The molecule has 9 heteroatoms. The van der Waals surface area contributed by atoms with Crippen molar-refractivity contribution < 1.29 is 18.1 Å². The van der Waals surface area contributed by atoms with E-state index in [1.54, 1.807) is 18.2 Å². The third-order valence-electron chi connectivity index (χ3n) is 3.26. The molecular weight excluding hydrogens is 400 g/mol. The van der Waals surface area contributed by atoms with Crippen molar-refractivity contribution in [3.8, 4) is 5.75 Å². The molecule has 0 spiro atoms. The van der Waals surface area contributed by atoms with E-state index in [0.29, 0.717) is 5.33 Å². The van der Waals surface area contributed by atoms with Crippen molar-refractivity contribution in [1.29, 1.82) is 0 Å². The SMILES string of the molecule is COc1cc([N+](=O)[O-])ccc1N(CCBr)S(=O)(=O)c1ccccc1. The summed E-state index contributed by atoms with van der Waals surface area (Å²) in [6.45, 7) is 0.144. The number of halogens is 1. The van der Waals surface area contributed by atoms with Gasteiger partial charge in [0.2, 0.25) is 0 Å². The zero-order valence-electron chi connectivity index (χ0n) is 12.8. The van der Waals surface area contributed by atoms with Crippen molar-refractivity contribution in [1.82, 2.24) is 0 Å². The second kappa shape index (κ2) is 7.63. The van der Waals surface area contributed by atoms with E-state index in [4.69, 9.17) is 4.74 Å². The second-order valence-electron chi connectivity index (χ2n) is 4.69. The Morgan fingerprint density at radius 3 is 2.42 bits per heavy atom. The maximum Gasteiger partial charge on any atom is 0.273 e. The number of hydrogen-bond acceptors (Lipinski definition) is 5. The van der Waals surface area contributed by atoms with Gasteiger partial charge in [0.05, 0.1) is 28.7 Å². The lowest BCUT2D eigenvalue weighted by molar-refractivity contribution is -0.384. The predicted molar refractivity (Wildman–Crippen MR) is 94.4 cm³/mol. The van der Waals surface area contributed by atoms with E-state index in [-0.39, 0.29) is 28.6 Å². The van der Waals surface area contributed by atoms with Gasteiger partial charge in [-0.3, -0.25) is 14.4 Å². The summed E-state index contributed by atoms with van der Waals surface area (Å²) in [6.07, 6.45) is 0. The van der Waals surface area contributed by atoms with Crippen LogP contribution in [0.1, 0.15) is 0 Å². The Labute approximate surface area is 148 Å². The molecule has 2 rings (SSSR count). The molecule has 128 valence electrons. The molecule has 0 amide bonds. The van der Waals surface area contributed by atoms with E-state index in [9.17, 15) is 18.5 Å². The van der Waals surface area contributed by atoms with Crippen LogP contribution in [-0.4, -0.2) is 32.3 Å². The van der Waals surface area contributed by atoms with Crippen molar-refractivity contribution in [2.24, 2.45) is 0 Å². The van der Waals surface area contributed by atoms with E-state index in [2.05, 4.69) is 15.9 Å². The summed E-state index contributed by atoms with van der Waals surface area (Å²) in [5.41, 5.74) is 0.0675. The Kier molecular flexibility index (Phi) is 5.79. The van der Waals surface area contributed by atoms with Gasteiger partial charge in [0.1, 0.15) is 5.75 Å². The highest BCUT2D eigenvalue weighted by molar-refractivity contribution is 9.09. The normalized spacial score (nSPS) is 11.1. The average molecular weight is 415 g/mol. The molecule has 0 radical (unpaired) electrons. The first-order chi connectivity index (χ1) is 11.4. The Bertz CT molecular complexity index is 827. The Morgan fingerprint density at radius 1 is 1.21 bits per heavy atom. The minimum atomic E-state index is -3.83. The molecule has 0 saturated carbocycles. The fraction of sp³-hybridized carbons (Fsp3) is 0.200. The maximum absolute atomic E-state index is 12.9. The smallest absolute Gasteiger partial charge is 0.273 e. The van der Waals surface area contributed by atoms with E-state index in [1.165, 1.54) is 41.7 Å². The number of non-ortho nitro benzene ring substituents is 1. The number of sulfonamides is 1. The second-order valence-corrected chi connectivity index (χ2v) is 7.35. The highest BCUT2D eigenvalue weighted by Crippen LogP contribution is 2.35. The van der Waals surface area contributed by atoms with Crippen LogP contribution in [-0.2, 0) is 10.0 Å². The quantitative estimate of drug-likeness (QED) is 0.394. The summed E-state index contributed by atoms with van der Waals surface area (Å²) in [4.78, 5) is 10.5. The van der Waals surface area contributed by atoms with Crippen LogP contribution in [0.15, 0.2) is 53.4 Å². The first-order valence-corrected chi connectivity index (χ1v) is 9.44. The van der Waals surface area contributed by atoms with Crippen LogP contribution in [0.5, 0.6) is 5.75 Å². The molecule has 0 saturated heterocycles. The largest absolute Gasteiger partial charge is 0.494 e. The zero-order valence-corrected chi connectivity index (χ0v) is 15.2. The van der Waals surface area contributed by atoms with Gasteiger partial charge in [-0.2, -0.15) is 0 Å². The zero-order chi connectivity index (χ0) is 17.7. The van der Waals surface area contributed by atoms with Gasteiger partial charge in [-0.1, -0.05) is 34.1 Å². The molecule has 0 heterocycles. The van der Waals surface area contributed by atoms with Crippen molar-refractivity contribution in [2.45, 2.75) is 4.90 Å². The lowest BCUT2D eigenvalue weighted by Gasteiger charge is -2.25. The Balaban J connectivity index is 2.58. The summed E-state index contributed by atoms with van der Waals surface area (Å²) < 4.78 is 32.2. The van der Waals surface area contributed by atoms with Gasteiger partial charge in [0.25, 0.3) is 15.7 Å². The maximum atomic E-state index is 12.9. The summed E-state index contributed by atoms with van der Waals surface area (Å²) >= 11 is 3.24. The van der Waals surface area contributed by atoms with Crippen molar-refractivity contribution in [2.75, 3.05) is 23.3 Å². The lowest BCUT2D eigenvalue weighted by atomic mass is 10.2. The topological polar surface area (TPSA) is 89.8 Å². The minimum absolute atomic E-state index is 0.115. The third-order valence-corrected chi connectivity index (χ3v) is 5.44. The predicted octanol–water partition coefficient (Wildman–Crippen LogP) is 3.19. The van der Waals surface area contributed by atoms with E-state index < -0.39 is 14.9 Å². The summed E-state index contributed by atoms with van der Waals surface area (Å²) in [7, 11) is -2.49. The van der Waals surface area contributed by atoms with Gasteiger partial charge in [0.15, 0.2) is 0 Å². The van der Waals surface area contributed by atoms with Crippen LogP contribution >= 0.6 is 15.9 Å². The molecule has 0 aliphatic rings. The highest BCUT2D eigenvalue weighted by atomic mass is 79.9. The number of ether oxygens (including phenoxy) is 1. The van der Waals surface area contributed by atoms with Gasteiger partial charge in [0, 0.05) is 17.9 Å². The number of nitro groups is 1. The molecule has 0 aliphatic carbocycles. The number of alkyl halides is 1. The highest BCUT2D eigenvalue weighted by Gasteiger charge is 2.27. The number of benzene rings is 2. The number of methoxy groups -OCH3 is 1. The number of rotatable bonds is 7. The Hall–Kier alpha value is -2.13. The van der Waals surface area contributed by atoms with E-state index in [1.807, 2.05) is 0 Å². The van der Waals surface area contributed by atoms with Gasteiger partial charge < -0.3 is 4.74 Å². The molecule has 0 fully saturated rings. The van der Waals surface area contributed by atoms with E-state index >= 15 is 0 Å². The monoisotopic (exact) mass is 414 g/mol. The van der Waals surface area contributed by atoms with Crippen molar-refractivity contribution in [3.05, 3.63) is 58.6 Å². The number of nitro benzene ring substituents is 1. The molecule has 0 aliphatic heterocycles. The first kappa shape index (κ1) is 18.2. The molecule has 0 aromatic heterocycles. The van der Waals surface area contributed by atoms with Gasteiger partial charge >= 0.3 is 0 Å². The van der Waals surface area contributed by atoms with Gasteiger partial charge in [-0.15, -0.1) is 0 Å². The number of anilines is 1. The van der Waals surface area contributed by atoms with Crippen molar-refractivity contribution in [3.63, 3.8) is 0 Å². The molecular formula is C15H15BrN2O5S. The molecule has 2 aromatic carbocycles. The fourth-order valence-electron chi connectivity index (χ4n) is 2.15. The summed E-state index contributed by atoms with van der Waals surface area (Å²) in [5, 5.41) is 11.3. The molecule has 24 heavy (non-hydrogen) atoms. The Morgan fingerprint density at radius 2 is 1.88 bits per heavy atom. The lowest BCUT2D eigenvalue weighted by Crippen LogP contribution is -2.33. The molecule has 2 aromatic rings. The molecule has 7 nitrogen and oxygen atoms in total. The van der Waals surface area contributed by atoms with Crippen LogP contribution < -0.4 is 9.04 Å². The van der Waals surface area contributed by atoms with Crippen LogP contribution in [0.25, 0.3) is 0 Å². The minimum Gasteiger partial charge on any atom is -0.494 e. The van der Waals surface area contributed by atoms with Crippen LogP contribution in [0.3, 0.4) is 0 Å². The van der Waals surface area contributed by atoms with E-state index in [0.717, 1.165) is 0 Å². The average Bonchev–Trinajstić information content (AvgIpc) is 2.59. The molecule has 0 atom stereocenters. The number of hydrogen-bond donors (Lipinski definition) is 0. The summed E-state index contributed by atoms with van der Waals surface area (Å²) in [5.74, 6) is 0.115. The van der Waals surface area contributed by atoms with Gasteiger partial charge in [-0.05, 0) is 18.2 Å². The standard InChI is InChI=1S/C15H15BrN2O5S/c1-23-15-11-12(18(19)20)7-8-14(15)17(10-9-16)24(21,22)13-5-3-2-4-6-13/h2-8,11H,9-10H2,1H3. The van der Waals surface area contributed by atoms with Gasteiger partial charge in [-0.25, -0.2) is 8.42 Å². The molecule has 0 bridgehead atoms. The molecule has 0 N–H and O–H groups in total. The summed E-state index contributed by atoms with van der Waals surface area (Å²) in [6, 6.07) is 11.8.